The number of nitrogens with zero attached hydrogens (tertiary/aromatic N) is 7. The number of nitrogens with one attached hydrogen (secondary N) is 1. The monoisotopic (exact) mass is 570 g/mol. The molecule has 4 aliphatic rings. The van der Waals surface area contributed by atoms with Gasteiger partial charge in [0.2, 0.25) is 5.91 Å². The number of carbonyl (C=O) groups is 3. The Morgan fingerprint density at radius 1 is 1.17 bits per heavy atom. The molecule has 0 radical (unpaired) electrons. The predicted octanol–water partition coefficient (Wildman–Crippen LogP) is 1.51. The molecule has 12 nitrogen and oxygen atoms in total. The average Bonchev–Trinajstić information content (AvgIpc) is 3.55. The molecular formula is C30H34N8O4. The van der Waals surface area contributed by atoms with E-state index in [2.05, 4.69) is 39.7 Å². The van der Waals surface area contributed by atoms with E-state index in [0.29, 0.717) is 74.6 Å². The van der Waals surface area contributed by atoms with E-state index in [1.165, 1.54) is 6.08 Å². The van der Waals surface area contributed by atoms with Crippen LogP contribution in [0.1, 0.15) is 51.2 Å². The number of fused-ring (bicyclic) bond motifs is 2. The molecule has 2 atom stereocenters. The summed E-state index contributed by atoms with van der Waals surface area (Å²) in [4.78, 5) is 55.4. The molecule has 0 bridgehead atoms. The van der Waals surface area contributed by atoms with Gasteiger partial charge < -0.3 is 24.3 Å². The van der Waals surface area contributed by atoms with Gasteiger partial charge in [-0.05, 0) is 51.1 Å². The molecule has 1 aromatic carbocycles. The fourth-order valence-corrected chi connectivity index (χ4v) is 6.48. The van der Waals surface area contributed by atoms with E-state index in [9.17, 15) is 19.6 Å². The van der Waals surface area contributed by atoms with E-state index >= 15 is 0 Å². The van der Waals surface area contributed by atoms with E-state index in [0.717, 1.165) is 36.5 Å². The van der Waals surface area contributed by atoms with Crippen LogP contribution < -0.4 is 19.9 Å². The number of carbonyl (C=O) groups excluding carboxylic acids is 3. The summed E-state index contributed by atoms with van der Waals surface area (Å²) in [6, 6.07) is 7.83. The minimum absolute atomic E-state index is 0.183. The average molecular weight is 571 g/mol. The first-order valence-corrected chi connectivity index (χ1v) is 14.4. The van der Waals surface area contributed by atoms with Crippen molar-refractivity contribution in [1.82, 2.24) is 25.1 Å². The molecule has 1 aromatic heterocycles. The highest BCUT2D eigenvalue weighted by Crippen LogP contribution is 2.35. The van der Waals surface area contributed by atoms with Crippen LogP contribution in [0.15, 0.2) is 30.9 Å². The van der Waals surface area contributed by atoms with Gasteiger partial charge in [0.1, 0.15) is 12.4 Å². The number of benzene rings is 1. The van der Waals surface area contributed by atoms with Crippen LogP contribution in [0.5, 0.6) is 6.01 Å². The second-order valence-electron chi connectivity index (χ2n) is 11.2. The highest BCUT2D eigenvalue weighted by molar-refractivity contribution is 6.23. The standard InChI is InChI=1S/C30H34N8O4/c1-3-25(39)38-15-14-37(16-19(38)9-11-31)27-21-10-13-36(24-8-4-7-22-26(24)29(41)34-28(22)40)17-23(21)32-30(33-27)42-18-20-6-5-12-35(20)2/h3-4,7-8,19-20H,1,5-6,9-10,12-18H2,2H3,(H,34,40,41)/t19-,20-/m0/s1. The summed E-state index contributed by atoms with van der Waals surface area (Å²) in [5.74, 6) is -0.195. The number of amides is 3. The molecule has 2 aromatic rings. The third-order valence-electron chi connectivity index (χ3n) is 8.75. The summed E-state index contributed by atoms with van der Waals surface area (Å²) >= 11 is 0. The van der Waals surface area contributed by atoms with Gasteiger partial charge in [0.05, 0.1) is 47.6 Å². The Labute approximate surface area is 244 Å². The van der Waals surface area contributed by atoms with Crippen LogP contribution in [0, 0.1) is 11.3 Å². The number of imide groups is 1. The van der Waals surface area contributed by atoms with Gasteiger partial charge in [-0.25, -0.2) is 0 Å². The van der Waals surface area contributed by atoms with Gasteiger partial charge in [0, 0.05) is 37.8 Å². The van der Waals surface area contributed by atoms with Crippen LogP contribution in [0.4, 0.5) is 11.5 Å². The Balaban J connectivity index is 1.33. The van der Waals surface area contributed by atoms with Crippen molar-refractivity contribution in [2.24, 2.45) is 0 Å². The molecule has 0 spiro atoms. The van der Waals surface area contributed by atoms with Gasteiger partial charge in [-0.1, -0.05) is 12.6 Å². The minimum Gasteiger partial charge on any atom is -0.462 e. The van der Waals surface area contributed by atoms with Crippen molar-refractivity contribution in [2.45, 2.75) is 44.3 Å². The molecule has 12 heteroatoms. The molecule has 2 fully saturated rings. The van der Waals surface area contributed by atoms with Crippen LogP contribution in [0.25, 0.3) is 0 Å². The molecular weight excluding hydrogens is 536 g/mol. The van der Waals surface area contributed by atoms with Gasteiger partial charge in [0.25, 0.3) is 11.8 Å². The molecule has 3 amide bonds. The van der Waals surface area contributed by atoms with Gasteiger partial charge in [-0.2, -0.15) is 15.2 Å². The highest BCUT2D eigenvalue weighted by Gasteiger charge is 2.35. The molecule has 1 N–H and O–H groups in total. The second kappa shape index (κ2) is 11.4. The number of likely N-dealkylation sites (tertiary alicyclic amines) is 1. The van der Waals surface area contributed by atoms with Crippen molar-refractivity contribution in [1.29, 1.82) is 5.26 Å². The molecule has 42 heavy (non-hydrogen) atoms. The van der Waals surface area contributed by atoms with Crippen molar-refractivity contribution < 1.29 is 19.1 Å². The Morgan fingerprint density at radius 3 is 2.79 bits per heavy atom. The molecule has 6 rings (SSSR count). The first-order chi connectivity index (χ1) is 20.4. The van der Waals surface area contributed by atoms with Gasteiger partial charge in [-0.3, -0.25) is 19.7 Å². The van der Waals surface area contributed by atoms with Gasteiger partial charge in [0.15, 0.2) is 0 Å². The number of likely N-dealkylation sites (N-methyl/N-ethyl adjacent to an activating group) is 1. The first kappa shape index (κ1) is 27.7. The normalized spacial score (nSPS) is 22.0. The number of anilines is 2. The lowest BCUT2D eigenvalue weighted by molar-refractivity contribution is -0.128. The third kappa shape index (κ3) is 5.05. The number of rotatable bonds is 7. The fourth-order valence-electron chi connectivity index (χ4n) is 6.48. The maximum absolute atomic E-state index is 12.6. The van der Waals surface area contributed by atoms with Gasteiger partial charge in [-0.15, -0.1) is 0 Å². The summed E-state index contributed by atoms with van der Waals surface area (Å²) in [5.41, 5.74) is 3.26. The summed E-state index contributed by atoms with van der Waals surface area (Å²) < 4.78 is 6.21. The van der Waals surface area contributed by atoms with E-state index in [-0.39, 0.29) is 30.2 Å². The lowest BCUT2D eigenvalue weighted by atomic mass is 10.0. The maximum atomic E-state index is 12.6. The number of hydrogen-bond donors (Lipinski definition) is 1. The van der Waals surface area contributed by atoms with Crippen LogP contribution in [0.3, 0.4) is 0 Å². The third-order valence-corrected chi connectivity index (χ3v) is 8.75. The molecule has 0 aliphatic carbocycles. The smallest absolute Gasteiger partial charge is 0.318 e. The Morgan fingerprint density at radius 2 is 2.02 bits per heavy atom. The van der Waals surface area contributed by atoms with Crippen molar-refractivity contribution in [3.63, 3.8) is 0 Å². The molecule has 2 saturated heterocycles. The lowest BCUT2D eigenvalue weighted by Gasteiger charge is -2.42. The zero-order valence-corrected chi connectivity index (χ0v) is 23.7. The van der Waals surface area contributed by atoms with Crippen molar-refractivity contribution >= 4 is 29.2 Å². The predicted molar refractivity (Wildman–Crippen MR) is 154 cm³/mol. The van der Waals surface area contributed by atoms with Gasteiger partial charge >= 0.3 is 6.01 Å². The van der Waals surface area contributed by atoms with Crippen LogP contribution in [-0.2, 0) is 17.8 Å². The van der Waals surface area contributed by atoms with Crippen LogP contribution in [-0.4, -0.2) is 96.0 Å². The van der Waals surface area contributed by atoms with Crippen molar-refractivity contribution in [3.05, 3.63) is 53.2 Å². The molecule has 0 unspecified atom stereocenters. The Hall–Kier alpha value is -4.50. The number of aromatic nitrogens is 2. The quantitative estimate of drug-likeness (QED) is 0.386. The second-order valence-corrected chi connectivity index (χ2v) is 11.2. The first-order valence-electron chi connectivity index (χ1n) is 14.4. The lowest BCUT2D eigenvalue weighted by Crippen LogP contribution is -2.55. The fraction of sp³-hybridized carbons (Fsp3) is 0.467. The number of hydrogen-bond acceptors (Lipinski definition) is 10. The number of nitriles is 1. The Kier molecular flexibility index (Phi) is 7.51. The Bertz CT molecular complexity index is 1490. The number of ether oxygens (including phenoxy) is 1. The van der Waals surface area contributed by atoms with Crippen molar-refractivity contribution in [3.8, 4) is 12.1 Å². The molecule has 0 saturated carbocycles. The largest absolute Gasteiger partial charge is 0.462 e. The summed E-state index contributed by atoms with van der Waals surface area (Å²) in [6.45, 7) is 7.61. The number of piperazine rings is 1. The van der Waals surface area contributed by atoms with Crippen molar-refractivity contribution in [2.75, 3.05) is 56.2 Å². The van der Waals surface area contributed by atoms with E-state index in [1.807, 2.05) is 6.07 Å². The minimum atomic E-state index is -0.389. The summed E-state index contributed by atoms with van der Waals surface area (Å²) in [6.07, 6.45) is 4.29. The van der Waals surface area contributed by atoms with E-state index < -0.39 is 0 Å². The molecule has 218 valence electrons. The van der Waals surface area contributed by atoms with E-state index in [4.69, 9.17) is 14.7 Å². The molecule has 4 aliphatic heterocycles. The SMILES string of the molecule is C=CC(=O)N1CCN(c2nc(OC[C@@H]3CCCN3C)nc3c2CCN(c2cccc4c2C(=O)NC4=O)C3)C[C@@H]1CC#N. The zero-order chi connectivity index (χ0) is 29.4. The summed E-state index contributed by atoms with van der Waals surface area (Å²) in [5, 5.41) is 11.9. The van der Waals surface area contributed by atoms with E-state index in [1.54, 1.807) is 17.0 Å². The maximum Gasteiger partial charge on any atom is 0.318 e. The zero-order valence-electron chi connectivity index (χ0n) is 23.7. The summed E-state index contributed by atoms with van der Waals surface area (Å²) in [7, 11) is 2.09. The van der Waals surface area contributed by atoms with Crippen LogP contribution >= 0.6 is 0 Å². The molecule has 5 heterocycles. The highest BCUT2D eigenvalue weighted by atomic mass is 16.5. The topological polar surface area (TPSA) is 135 Å². The van der Waals surface area contributed by atoms with Crippen LogP contribution in [0.2, 0.25) is 0 Å².